The predicted molar refractivity (Wildman–Crippen MR) is 73.9 cm³/mol. The first-order valence-corrected chi connectivity index (χ1v) is 7.79. The van der Waals surface area contributed by atoms with Crippen LogP contribution >= 0.6 is 0 Å². The Bertz CT molecular complexity index is 279. The van der Waals surface area contributed by atoms with Crippen LogP contribution in [0.25, 0.3) is 0 Å². The van der Waals surface area contributed by atoms with E-state index < -0.39 is 5.60 Å². The van der Waals surface area contributed by atoms with E-state index in [9.17, 15) is 9.90 Å². The first kappa shape index (κ1) is 14.8. The molecule has 0 aromatic rings. The van der Waals surface area contributed by atoms with Gasteiger partial charge >= 0.3 is 0 Å². The number of carbonyl (C=O) groups excluding carboxylic acids is 1. The molecule has 0 radical (unpaired) electrons. The molecule has 19 heavy (non-hydrogen) atoms. The number of nitrogens with one attached hydrogen (secondary N) is 1. The summed E-state index contributed by atoms with van der Waals surface area (Å²) in [6.07, 6.45) is 9.93. The number of amides is 1. The lowest BCUT2D eigenvalue weighted by molar-refractivity contribution is -0.126. The van der Waals surface area contributed by atoms with Gasteiger partial charge in [0.1, 0.15) is 0 Å². The number of hydrogen-bond acceptors (Lipinski definition) is 3. The van der Waals surface area contributed by atoms with Crippen LogP contribution in [-0.2, 0) is 9.53 Å². The molecule has 4 heteroatoms. The summed E-state index contributed by atoms with van der Waals surface area (Å²) in [6.45, 7) is 1.18. The summed E-state index contributed by atoms with van der Waals surface area (Å²) in [6, 6.07) is 0. The molecule has 1 saturated carbocycles. The average Bonchev–Trinajstić information content (AvgIpc) is 2.63. The normalized spacial score (nSPS) is 27.5. The Balaban J connectivity index is 1.69. The second kappa shape index (κ2) is 7.25. The minimum Gasteiger partial charge on any atom is -0.388 e. The number of aliphatic hydroxyl groups is 1. The molecule has 1 amide bonds. The van der Waals surface area contributed by atoms with Crippen LogP contribution in [-0.4, -0.2) is 35.9 Å². The molecule has 4 nitrogen and oxygen atoms in total. The maximum atomic E-state index is 11.9. The van der Waals surface area contributed by atoms with E-state index in [-0.39, 0.29) is 12.0 Å². The highest BCUT2D eigenvalue weighted by atomic mass is 16.5. The molecule has 0 bridgehead atoms. The van der Waals surface area contributed by atoms with E-state index in [4.69, 9.17) is 4.74 Å². The Labute approximate surface area is 115 Å². The van der Waals surface area contributed by atoms with Crippen molar-refractivity contribution in [2.24, 2.45) is 0 Å². The SMILES string of the molecule is O=C(CC1CCCCO1)NCC1(O)CCCCCC1. The fraction of sp³-hybridized carbons (Fsp3) is 0.933. The second-order valence-corrected chi connectivity index (χ2v) is 6.11. The Morgan fingerprint density at radius 2 is 1.89 bits per heavy atom. The molecule has 1 aliphatic heterocycles. The summed E-state index contributed by atoms with van der Waals surface area (Å²) in [5.41, 5.74) is -0.681. The summed E-state index contributed by atoms with van der Waals surface area (Å²) in [5.74, 6) is 0.0181. The van der Waals surface area contributed by atoms with Gasteiger partial charge < -0.3 is 15.2 Å². The van der Waals surface area contributed by atoms with Gasteiger partial charge in [0, 0.05) is 13.2 Å². The topological polar surface area (TPSA) is 58.6 Å². The van der Waals surface area contributed by atoms with Crippen LogP contribution < -0.4 is 5.32 Å². The van der Waals surface area contributed by atoms with Crippen LogP contribution in [0.4, 0.5) is 0 Å². The van der Waals surface area contributed by atoms with E-state index in [0.717, 1.165) is 51.6 Å². The number of rotatable bonds is 4. The monoisotopic (exact) mass is 269 g/mol. The van der Waals surface area contributed by atoms with Crippen molar-refractivity contribution in [1.29, 1.82) is 0 Å². The third kappa shape index (κ3) is 5.11. The highest BCUT2D eigenvalue weighted by Crippen LogP contribution is 2.26. The predicted octanol–water partition coefficient (Wildman–Crippen LogP) is 2.15. The minimum absolute atomic E-state index is 0.0181. The zero-order valence-corrected chi connectivity index (χ0v) is 11.8. The molecule has 0 aromatic heterocycles. The third-order valence-electron chi connectivity index (χ3n) is 4.34. The smallest absolute Gasteiger partial charge is 0.222 e. The number of hydrogen-bond donors (Lipinski definition) is 2. The largest absolute Gasteiger partial charge is 0.388 e. The van der Waals surface area contributed by atoms with E-state index in [1.807, 2.05) is 0 Å². The van der Waals surface area contributed by atoms with Crippen molar-refractivity contribution in [2.75, 3.05) is 13.2 Å². The lowest BCUT2D eigenvalue weighted by Crippen LogP contribution is -2.43. The molecule has 0 spiro atoms. The highest BCUT2D eigenvalue weighted by molar-refractivity contribution is 5.76. The van der Waals surface area contributed by atoms with Crippen molar-refractivity contribution in [1.82, 2.24) is 5.32 Å². The van der Waals surface area contributed by atoms with Crippen molar-refractivity contribution in [3.63, 3.8) is 0 Å². The van der Waals surface area contributed by atoms with E-state index in [2.05, 4.69) is 5.32 Å². The lowest BCUT2D eigenvalue weighted by atomic mass is 9.94. The van der Waals surface area contributed by atoms with Gasteiger partial charge in [-0.3, -0.25) is 4.79 Å². The van der Waals surface area contributed by atoms with Gasteiger partial charge in [0.2, 0.25) is 5.91 Å². The summed E-state index contributed by atoms with van der Waals surface area (Å²) < 4.78 is 5.56. The van der Waals surface area contributed by atoms with Crippen LogP contribution in [0.1, 0.15) is 64.2 Å². The Morgan fingerprint density at radius 1 is 1.16 bits per heavy atom. The third-order valence-corrected chi connectivity index (χ3v) is 4.34. The second-order valence-electron chi connectivity index (χ2n) is 6.11. The Hall–Kier alpha value is -0.610. The van der Waals surface area contributed by atoms with Crippen LogP contribution in [0.2, 0.25) is 0 Å². The van der Waals surface area contributed by atoms with Crippen LogP contribution in [0.3, 0.4) is 0 Å². The molecule has 1 unspecified atom stereocenters. The van der Waals surface area contributed by atoms with Crippen molar-refractivity contribution in [3.8, 4) is 0 Å². The fourth-order valence-electron chi connectivity index (χ4n) is 3.07. The Morgan fingerprint density at radius 3 is 2.53 bits per heavy atom. The maximum absolute atomic E-state index is 11.9. The van der Waals surface area contributed by atoms with Gasteiger partial charge in [-0.05, 0) is 32.1 Å². The van der Waals surface area contributed by atoms with E-state index >= 15 is 0 Å². The van der Waals surface area contributed by atoms with Gasteiger partial charge in [0.05, 0.1) is 18.1 Å². The standard InChI is InChI=1S/C15H27NO3/c17-14(11-13-7-3-6-10-19-13)16-12-15(18)8-4-1-2-5-9-15/h13,18H,1-12H2,(H,16,17). The van der Waals surface area contributed by atoms with Gasteiger partial charge in [-0.2, -0.15) is 0 Å². The average molecular weight is 269 g/mol. The molecule has 0 aromatic carbocycles. The summed E-state index contributed by atoms with van der Waals surface area (Å²) >= 11 is 0. The molecule has 1 atom stereocenters. The molecule has 110 valence electrons. The lowest BCUT2D eigenvalue weighted by Gasteiger charge is -2.27. The highest BCUT2D eigenvalue weighted by Gasteiger charge is 2.28. The zero-order chi connectivity index (χ0) is 13.6. The number of carbonyl (C=O) groups is 1. The molecule has 1 aliphatic carbocycles. The first-order chi connectivity index (χ1) is 9.18. The van der Waals surface area contributed by atoms with E-state index in [1.165, 1.54) is 12.8 Å². The minimum atomic E-state index is -0.681. The van der Waals surface area contributed by atoms with Crippen molar-refractivity contribution >= 4 is 5.91 Å². The molecule has 1 saturated heterocycles. The Kier molecular flexibility index (Phi) is 5.64. The van der Waals surface area contributed by atoms with E-state index in [1.54, 1.807) is 0 Å². The van der Waals surface area contributed by atoms with E-state index in [0.29, 0.717) is 13.0 Å². The first-order valence-electron chi connectivity index (χ1n) is 7.79. The van der Waals surface area contributed by atoms with Crippen molar-refractivity contribution in [2.45, 2.75) is 75.9 Å². The molecule has 2 rings (SSSR count). The van der Waals surface area contributed by atoms with Gasteiger partial charge in [-0.25, -0.2) is 0 Å². The summed E-state index contributed by atoms with van der Waals surface area (Å²) in [5, 5.41) is 13.4. The number of ether oxygens (including phenoxy) is 1. The molecular weight excluding hydrogens is 242 g/mol. The quantitative estimate of drug-likeness (QED) is 0.769. The molecular formula is C15H27NO3. The van der Waals surface area contributed by atoms with Gasteiger partial charge in [-0.1, -0.05) is 25.7 Å². The maximum Gasteiger partial charge on any atom is 0.222 e. The van der Waals surface area contributed by atoms with Crippen molar-refractivity contribution in [3.05, 3.63) is 0 Å². The van der Waals surface area contributed by atoms with Gasteiger partial charge in [0.25, 0.3) is 0 Å². The van der Waals surface area contributed by atoms with Crippen LogP contribution in [0, 0.1) is 0 Å². The molecule has 2 N–H and O–H groups in total. The van der Waals surface area contributed by atoms with Gasteiger partial charge in [-0.15, -0.1) is 0 Å². The van der Waals surface area contributed by atoms with Crippen LogP contribution in [0.15, 0.2) is 0 Å². The van der Waals surface area contributed by atoms with Crippen LogP contribution in [0.5, 0.6) is 0 Å². The fourth-order valence-corrected chi connectivity index (χ4v) is 3.07. The summed E-state index contributed by atoms with van der Waals surface area (Å²) in [7, 11) is 0. The molecule has 2 fully saturated rings. The molecule has 1 heterocycles. The van der Waals surface area contributed by atoms with Gasteiger partial charge in [0.15, 0.2) is 0 Å². The summed E-state index contributed by atoms with van der Waals surface area (Å²) in [4.78, 5) is 11.9. The molecule has 2 aliphatic rings. The zero-order valence-electron chi connectivity index (χ0n) is 11.8. The van der Waals surface area contributed by atoms with Crippen molar-refractivity contribution < 1.29 is 14.6 Å².